The summed E-state index contributed by atoms with van der Waals surface area (Å²) in [5, 5.41) is 0. The Hall–Kier alpha value is -3.42. The van der Waals surface area contributed by atoms with Crippen molar-refractivity contribution in [2.45, 2.75) is 6.61 Å². The Kier molecular flexibility index (Phi) is 7.70. The van der Waals surface area contributed by atoms with Crippen LogP contribution in [0.25, 0.3) is 6.08 Å². The van der Waals surface area contributed by atoms with Gasteiger partial charge in [-0.15, -0.1) is 0 Å². The lowest BCUT2D eigenvalue weighted by Crippen LogP contribution is -2.27. The van der Waals surface area contributed by atoms with Crippen LogP contribution >= 0.6 is 0 Å². The van der Waals surface area contributed by atoms with Gasteiger partial charge in [0, 0.05) is 19.7 Å². The predicted molar refractivity (Wildman–Crippen MR) is 104 cm³/mol. The SMILES string of the molecule is COc1cc(C=CC(=O)c2ccc(OCC(=O)N(C)C)cc2)ccc1OC(F)F. The second-order valence-electron chi connectivity index (χ2n) is 6.09. The van der Waals surface area contributed by atoms with E-state index in [-0.39, 0.29) is 29.8 Å². The van der Waals surface area contributed by atoms with Gasteiger partial charge in [0.2, 0.25) is 0 Å². The van der Waals surface area contributed by atoms with Gasteiger partial charge in [0.05, 0.1) is 7.11 Å². The molecular formula is C21H21F2NO5. The maximum absolute atomic E-state index is 12.4. The first-order valence-corrected chi connectivity index (χ1v) is 8.58. The second-order valence-corrected chi connectivity index (χ2v) is 6.09. The zero-order valence-electron chi connectivity index (χ0n) is 16.2. The monoisotopic (exact) mass is 405 g/mol. The van der Waals surface area contributed by atoms with Crippen molar-refractivity contribution in [3.05, 3.63) is 59.7 Å². The Morgan fingerprint density at radius 2 is 1.76 bits per heavy atom. The third-order valence-electron chi connectivity index (χ3n) is 3.83. The van der Waals surface area contributed by atoms with Crippen molar-refractivity contribution in [3.8, 4) is 17.2 Å². The maximum Gasteiger partial charge on any atom is 0.387 e. The highest BCUT2D eigenvalue weighted by atomic mass is 19.3. The van der Waals surface area contributed by atoms with Crippen LogP contribution in [-0.4, -0.2) is 51.0 Å². The number of hydrogen-bond donors (Lipinski definition) is 0. The number of benzene rings is 2. The minimum Gasteiger partial charge on any atom is -0.493 e. The van der Waals surface area contributed by atoms with E-state index in [1.807, 2.05) is 0 Å². The molecule has 0 fully saturated rings. The van der Waals surface area contributed by atoms with E-state index < -0.39 is 6.61 Å². The lowest BCUT2D eigenvalue weighted by molar-refractivity contribution is -0.130. The number of nitrogens with zero attached hydrogens (tertiary/aromatic N) is 1. The fourth-order valence-corrected chi connectivity index (χ4v) is 2.24. The van der Waals surface area contributed by atoms with Crippen LogP contribution in [0, 0.1) is 0 Å². The molecule has 2 aromatic carbocycles. The van der Waals surface area contributed by atoms with E-state index >= 15 is 0 Å². The molecule has 0 heterocycles. The van der Waals surface area contributed by atoms with Crippen molar-refractivity contribution >= 4 is 17.8 Å². The number of carbonyl (C=O) groups is 2. The van der Waals surface area contributed by atoms with Crippen molar-refractivity contribution in [2.75, 3.05) is 27.8 Å². The second kappa shape index (κ2) is 10.2. The topological polar surface area (TPSA) is 65.1 Å². The van der Waals surface area contributed by atoms with E-state index in [1.165, 1.54) is 42.4 Å². The van der Waals surface area contributed by atoms with Gasteiger partial charge in [0.25, 0.3) is 5.91 Å². The van der Waals surface area contributed by atoms with Gasteiger partial charge in [-0.1, -0.05) is 12.1 Å². The number of ether oxygens (including phenoxy) is 3. The van der Waals surface area contributed by atoms with Gasteiger partial charge in [-0.25, -0.2) is 0 Å². The molecule has 0 N–H and O–H groups in total. The Balaban J connectivity index is 2.02. The Morgan fingerprint density at radius 3 is 2.34 bits per heavy atom. The van der Waals surface area contributed by atoms with E-state index in [1.54, 1.807) is 38.4 Å². The summed E-state index contributed by atoms with van der Waals surface area (Å²) in [5.74, 6) is 0.0874. The molecule has 154 valence electrons. The van der Waals surface area contributed by atoms with Gasteiger partial charge in [-0.3, -0.25) is 9.59 Å². The molecule has 0 atom stereocenters. The normalized spacial score (nSPS) is 10.8. The van der Waals surface area contributed by atoms with Crippen molar-refractivity contribution in [1.82, 2.24) is 4.90 Å². The fourth-order valence-electron chi connectivity index (χ4n) is 2.24. The summed E-state index contributed by atoms with van der Waals surface area (Å²) in [4.78, 5) is 25.2. The van der Waals surface area contributed by atoms with Gasteiger partial charge in [0.1, 0.15) is 5.75 Å². The average Bonchev–Trinajstić information content (AvgIpc) is 2.70. The molecule has 0 aliphatic carbocycles. The Morgan fingerprint density at radius 1 is 1.07 bits per heavy atom. The molecule has 0 saturated carbocycles. The van der Waals surface area contributed by atoms with Gasteiger partial charge < -0.3 is 19.1 Å². The maximum atomic E-state index is 12.4. The van der Waals surface area contributed by atoms with Crippen LogP contribution in [0.5, 0.6) is 17.2 Å². The minimum atomic E-state index is -2.96. The lowest BCUT2D eigenvalue weighted by atomic mass is 10.1. The molecule has 8 heteroatoms. The zero-order chi connectivity index (χ0) is 21.4. The molecule has 0 spiro atoms. The van der Waals surface area contributed by atoms with Crippen LogP contribution in [0.2, 0.25) is 0 Å². The van der Waals surface area contributed by atoms with Gasteiger partial charge in [0.15, 0.2) is 23.9 Å². The first-order valence-electron chi connectivity index (χ1n) is 8.58. The highest BCUT2D eigenvalue weighted by Crippen LogP contribution is 2.29. The number of amides is 1. The first-order chi connectivity index (χ1) is 13.8. The molecule has 1 amide bonds. The number of ketones is 1. The molecule has 0 saturated heterocycles. The van der Waals surface area contributed by atoms with Crippen LogP contribution in [-0.2, 0) is 4.79 Å². The number of halogens is 2. The van der Waals surface area contributed by atoms with E-state index in [0.717, 1.165) is 0 Å². The lowest BCUT2D eigenvalue weighted by Gasteiger charge is -2.11. The summed E-state index contributed by atoms with van der Waals surface area (Å²) in [6.45, 7) is -3.05. The highest BCUT2D eigenvalue weighted by molar-refractivity contribution is 6.06. The van der Waals surface area contributed by atoms with Gasteiger partial charge in [-0.05, 0) is 48.0 Å². The molecule has 29 heavy (non-hydrogen) atoms. The molecule has 0 aliphatic heterocycles. The molecule has 0 radical (unpaired) electrons. The van der Waals surface area contributed by atoms with Crippen LogP contribution in [0.4, 0.5) is 8.78 Å². The van der Waals surface area contributed by atoms with Crippen LogP contribution in [0.15, 0.2) is 48.5 Å². The third kappa shape index (κ3) is 6.60. The standard InChI is InChI=1S/C21H21F2NO5/c1-24(2)20(26)13-28-16-8-6-15(7-9-16)17(25)10-4-14-5-11-18(29-21(22)23)19(12-14)27-3/h4-12,21H,13H2,1-3H3. The number of likely N-dealkylation sites (N-methyl/N-ethyl adjacent to an activating group) is 1. The minimum absolute atomic E-state index is 0.0886. The van der Waals surface area contributed by atoms with Crippen molar-refractivity contribution in [2.24, 2.45) is 0 Å². The summed E-state index contributed by atoms with van der Waals surface area (Å²) in [5.41, 5.74) is 1.01. The summed E-state index contributed by atoms with van der Waals surface area (Å²) >= 11 is 0. The number of hydrogen-bond acceptors (Lipinski definition) is 5. The van der Waals surface area contributed by atoms with E-state index in [2.05, 4.69) is 4.74 Å². The van der Waals surface area contributed by atoms with Gasteiger partial charge in [-0.2, -0.15) is 8.78 Å². The Labute approximate surface area is 167 Å². The Bertz CT molecular complexity index is 879. The number of alkyl halides is 2. The third-order valence-corrected chi connectivity index (χ3v) is 3.83. The molecule has 0 bridgehead atoms. The molecule has 0 aliphatic rings. The first kappa shape index (κ1) is 21.9. The van der Waals surface area contributed by atoms with E-state index in [4.69, 9.17) is 9.47 Å². The van der Waals surface area contributed by atoms with E-state index in [9.17, 15) is 18.4 Å². The zero-order valence-corrected chi connectivity index (χ0v) is 16.2. The van der Waals surface area contributed by atoms with Crippen molar-refractivity contribution < 1.29 is 32.6 Å². The smallest absolute Gasteiger partial charge is 0.387 e. The summed E-state index contributed by atoms with van der Waals surface area (Å²) in [6.07, 6.45) is 2.89. The molecule has 2 rings (SSSR count). The molecule has 0 aromatic heterocycles. The highest BCUT2D eigenvalue weighted by Gasteiger charge is 2.11. The number of allylic oxidation sites excluding steroid dienone is 1. The molecule has 6 nitrogen and oxygen atoms in total. The average molecular weight is 405 g/mol. The number of methoxy groups -OCH3 is 1. The fraction of sp³-hybridized carbons (Fsp3) is 0.238. The number of carbonyl (C=O) groups excluding carboxylic acids is 2. The summed E-state index contributed by atoms with van der Waals surface area (Å²) in [6, 6.07) is 10.7. The van der Waals surface area contributed by atoms with Crippen LogP contribution in [0.3, 0.4) is 0 Å². The van der Waals surface area contributed by atoms with Crippen LogP contribution < -0.4 is 14.2 Å². The largest absolute Gasteiger partial charge is 0.493 e. The molecule has 0 unspecified atom stereocenters. The number of rotatable bonds is 9. The van der Waals surface area contributed by atoms with Crippen molar-refractivity contribution in [1.29, 1.82) is 0 Å². The summed E-state index contributed by atoms with van der Waals surface area (Å²) in [7, 11) is 4.60. The van der Waals surface area contributed by atoms with Gasteiger partial charge >= 0.3 is 6.61 Å². The predicted octanol–water partition coefficient (Wildman–Crippen LogP) is 3.66. The van der Waals surface area contributed by atoms with E-state index in [0.29, 0.717) is 16.9 Å². The molecular weight excluding hydrogens is 384 g/mol. The summed E-state index contributed by atoms with van der Waals surface area (Å²) < 4.78 is 39.5. The quantitative estimate of drug-likeness (QED) is 0.471. The molecule has 2 aromatic rings. The van der Waals surface area contributed by atoms with Crippen molar-refractivity contribution in [3.63, 3.8) is 0 Å². The van der Waals surface area contributed by atoms with Crippen LogP contribution in [0.1, 0.15) is 15.9 Å².